The van der Waals surface area contributed by atoms with E-state index < -0.39 is 0 Å². The van der Waals surface area contributed by atoms with Crippen LogP contribution in [0, 0.1) is 12.7 Å². The number of hydrogen-bond acceptors (Lipinski definition) is 5. The molecule has 0 unspecified atom stereocenters. The fraction of sp³-hybridized carbons (Fsp3) is 0.357. The van der Waals surface area contributed by atoms with Crippen LogP contribution in [-0.4, -0.2) is 57.6 Å². The molecule has 1 aliphatic heterocycles. The van der Waals surface area contributed by atoms with E-state index in [4.69, 9.17) is 9.72 Å². The summed E-state index contributed by atoms with van der Waals surface area (Å²) in [7, 11) is 0. The first-order valence-corrected chi connectivity index (χ1v) is 13.4. The molecule has 0 atom stereocenters. The molecule has 182 valence electrons. The van der Waals surface area contributed by atoms with Crippen LogP contribution in [0.5, 0.6) is 5.75 Å². The summed E-state index contributed by atoms with van der Waals surface area (Å²) in [6.07, 6.45) is 3.83. The molecule has 2 aromatic heterocycles. The molecule has 0 radical (unpaired) electrons. The van der Waals surface area contributed by atoms with Crippen LogP contribution < -0.4 is 4.74 Å². The maximum Gasteiger partial charge on any atom is 0.136 e. The number of hydrogen-bond donors (Lipinski definition) is 1. The summed E-state index contributed by atoms with van der Waals surface area (Å²) in [5, 5.41) is 0.626. The van der Waals surface area contributed by atoms with E-state index in [2.05, 4.69) is 27.0 Å². The second kappa shape index (κ2) is 11.2. The van der Waals surface area contributed by atoms with E-state index in [1.807, 2.05) is 55.1 Å². The minimum absolute atomic E-state index is 0.184. The lowest BCUT2D eigenvalue weighted by atomic mass is 10.1. The van der Waals surface area contributed by atoms with E-state index in [0.717, 1.165) is 53.6 Å². The number of nitrogens with one attached hydrogen (secondary N) is 1. The second-order valence-electron chi connectivity index (χ2n) is 9.07. The molecule has 35 heavy (non-hydrogen) atoms. The lowest BCUT2D eigenvalue weighted by Gasteiger charge is -2.25. The number of aryl methyl sites for hydroxylation is 1. The van der Waals surface area contributed by atoms with Gasteiger partial charge in [-0.2, -0.15) is 11.8 Å². The highest BCUT2D eigenvalue weighted by Crippen LogP contribution is 2.24. The predicted molar refractivity (Wildman–Crippen MR) is 141 cm³/mol. The third-order valence-electron chi connectivity index (χ3n) is 6.34. The zero-order chi connectivity index (χ0) is 24.0. The number of rotatable bonds is 9. The van der Waals surface area contributed by atoms with Crippen molar-refractivity contribution in [2.75, 3.05) is 37.7 Å². The first-order valence-electron chi connectivity index (χ1n) is 12.2. The Morgan fingerprint density at radius 1 is 1.09 bits per heavy atom. The van der Waals surface area contributed by atoms with Gasteiger partial charge in [0, 0.05) is 72.5 Å². The molecule has 1 aliphatic rings. The molecule has 1 N–H and O–H groups in total. The molecule has 5 nitrogen and oxygen atoms in total. The molecule has 4 aromatic rings. The molecule has 0 saturated carbocycles. The summed E-state index contributed by atoms with van der Waals surface area (Å²) < 4.78 is 21.0. The van der Waals surface area contributed by atoms with Gasteiger partial charge in [0.15, 0.2) is 0 Å². The van der Waals surface area contributed by atoms with Crippen molar-refractivity contribution in [2.24, 2.45) is 0 Å². The molecule has 0 amide bonds. The Bertz CT molecular complexity index is 1290. The Morgan fingerprint density at radius 3 is 2.86 bits per heavy atom. The van der Waals surface area contributed by atoms with Crippen molar-refractivity contribution in [3.8, 4) is 5.75 Å². The minimum Gasteiger partial charge on any atom is -0.494 e. The van der Waals surface area contributed by atoms with E-state index in [-0.39, 0.29) is 5.82 Å². The number of ether oxygens (including phenoxy) is 1. The summed E-state index contributed by atoms with van der Waals surface area (Å²) in [4.78, 5) is 14.9. The molecular formula is C28H31FN4OS. The van der Waals surface area contributed by atoms with E-state index in [1.165, 1.54) is 24.6 Å². The van der Waals surface area contributed by atoms with Crippen molar-refractivity contribution in [1.82, 2.24) is 19.9 Å². The van der Waals surface area contributed by atoms with E-state index in [9.17, 15) is 0 Å². The summed E-state index contributed by atoms with van der Waals surface area (Å²) in [5.41, 5.74) is 4.32. The van der Waals surface area contributed by atoms with Gasteiger partial charge in [0.1, 0.15) is 17.4 Å². The Labute approximate surface area is 210 Å². The quantitative estimate of drug-likeness (QED) is 0.318. The number of fused-ring (bicyclic) bond motifs is 1. The summed E-state index contributed by atoms with van der Waals surface area (Å²) in [6.45, 7) is 6.12. The Kier molecular flexibility index (Phi) is 7.64. The highest BCUT2D eigenvalue weighted by molar-refractivity contribution is 7.99. The van der Waals surface area contributed by atoms with Crippen molar-refractivity contribution >= 4 is 22.7 Å². The van der Waals surface area contributed by atoms with Crippen LogP contribution in [0.4, 0.5) is 4.39 Å². The smallest absolute Gasteiger partial charge is 0.136 e. The lowest BCUT2D eigenvalue weighted by Crippen LogP contribution is -2.33. The summed E-state index contributed by atoms with van der Waals surface area (Å²) in [6, 6.07) is 15.6. The summed E-state index contributed by atoms with van der Waals surface area (Å²) >= 11 is 2.04. The largest absolute Gasteiger partial charge is 0.494 e. The van der Waals surface area contributed by atoms with Crippen LogP contribution in [0.1, 0.15) is 34.8 Å². The zero-order valence-corrected chi connectivity index (χ0v) is 20.9. The van der Waals surface area contributed by atoms with Gasteiger partial charge in [-0.3, -0.25) is 0 Å². The van der Waals surface area contributed by atoms with Crippen molar-refractivity contribution in [3.63, 3.8) is 0 Å². The second-order valence-corrected chi connectivity index (χ2v) is 10.3. The van der Waals surface area contributed by atoms with Gasteiger partial charge in [-0.25, -0.2) is 14.4 Å². The topological polar surface area (TPSA) is 54.0 Å². The summed E-state index contributed by atoms with van der Waals surface area (Å²) in [5.74, 6) is 3.90. The number of nitrogens with zero attached hydrogens (tertiary/aromatic N) is 3. The molecule has 1 saturated heterocycles. The van der Waals surface area contributed by atoms with Gasteiger partial charge in [0.2, 0.25) is 0 Å². The van der Waals surface area contributed by atoms with Crippen LogP contribution in [0.15, 0.2) is 54.7 Å². The molecule has 7 heteroatoms. The van der Waals surface area contributed by atoms with Gasteiger partial charge in [-0.1, -0.05) is 18.2 Å². The molecule has 0 spiro atoms. The average molecular weight is 491 g/mol. The first kappa shape index (κ1) is 23.8. The number of aromatic amines is 1. The van der Waals surface area contributed by atoms with Gasteiger partial charge < -0.3 is 14.6 Å². The molecule has 2 aromatic carbocycles. The number of benzene rings is 2. The standard InChI is InChI=1S/C28H31FN4OS/c1-20-16-25-26(31-20)7-6-22(28(25)29)19-23-8-9-30-27(32-23)18-21-4-2-5-24(17-21)34-13-3-10-33-11-14-35-15-12-33/h2,4-9,16-17,31H,3,10-15,18-19H2,1H3. The van der Waals surface area contributed by atoms with Gasteiger partial charge in [0.05, 0.1) is 6.61 Å². The zero-order valence-electron chi connectivity index (χ0n) is 20.1. The fourth-order valence-electron chi connectivity index (χ4n) is 4.54. The van der Waals surface area contributed by atoms with Crippen LogP contribution in [0.25, 0.3) is 10.9 Å². The highest BCUT2D eigenvalue weighted by Gasteiger charge is 2.12. The molecule has 3 heterocycles. The molecular weight excluding hydrogens is 459 g/mol. The molecule has 0 aliphatic carbocycles. The van der Waals surface area contributed by atoms with Crippen LogP contribution >= 0.6 is 11.8 Å². The van der Waals surface area contributed by atoms with Gasteiger partial charge in [-0.15, -0.1) is 0 Å². The predicted octanol–water partition coefficient (Wildman–Crippen LogP) is 5.40. The van der Waals surface area contributed by atoms with Crippen molar-refractivity contribution in [2.45, 2.75) is 26.2 Å². The van der Waals surface area contributed by atoms with Gasteiger partial charge >= 0.3 is 0 Å². The minimum atomic E-state index is -0.184. The van der Waals surface area contributed by atoms with Crippen LogP contribution in [0.3, 0.4) is 0 Å². The third kappa shape index (κ3) is 6.21. The SMILES string of the molecule is Cc1cc2c(F)c(Cc3ccnc(Cc4cccc(OCCCN5CCSCC5)c4)n3)ccc2[nH]1. The Morgan fingerprint density at radius 2 is 1.97 bits per heavy atom. The van der Waals surface area contributed by atoms with Gasteiger partial charge in [-0.05, 0) is 54.8 Å². The maximum absolute atomic E-state index is 15.0. The molecule has 0 bridgehead atoms. The fourth-order valence-corrected chi connectivity index (χ4v) is 5.52. The monoisotopic (exact) mass is 490 g/mol. The third-order valence-corrected chi connectivity index (χ3v) is 7.28. The maximum atomic E-state index is 15.0. The van der Waals surface area contributed by atoms with E-state index >= 15 is 4.39 Å². The number of halogens is 1. The number of H-pyrrole nitrogens is 1. The lowest BCUT2D eigenvalue weighted by molar-refractivity contribution is 0.248. The Hall–Kier alpha value is -2.90. The van der Waals surface area contributed by atoms with Crippen molar-refractivity contribution < 1.29 is 9.13 Å². The van der Waals surface area contributed by atoms with Gasteiger partial charge in [0.25, 0.3) is 0 Å². The van der Waals surface area contributed by atoms with Crippen LogP contribution in [0.2, 0.25) is 0 Å². The first-order chi connectivity index (χ1) is 17.1. The normalized spacial score (nSPS) is 14.5. The average Bonchev–Trinajstić information content (AvgIpc) is 3.26. The molecule has 1 fully saturated rings. The van der Waals surface area contributed by atoms with E-state index in [1.54, 1.807) is 6.20 Å². The number of thioether (sulfide) groups is 1. The van der Waals surface area contributed by atoms with Crippen LogP contribution in [-0.2, 0) is 12.8 Å². The van der Waals surface area contributed by atoms with Crippen molar-refractivity contribution in [3.05, 3.63) is 88.9 Å². The molecule has 5 rings (SSSR count). The van der Waals surface area contributed by atoms with Crippen molar-refractivity contribution in [1.29, 1.82) is 0 Å². The number of aromatic nitrogens is 3. The Balaban J connectivity index is 1.19. The highest BCUT2D eigenvalue weighted by atomic mass is 32.2. The van der Waals surface area contributed by atoms with E-state index in [0.29, 0.717) is 23.8 Å².